The zero-order valence-electron chi connectivity index (χ0n) is 15.2. The molecule has 1 N–H and O–H groups in total. The largest absolute Gasteiger partial charge is 0.462 e. The maximum Gasteiger partial charge on any atom is 0.341 e. The minimum atomic E-state index is -0.642. The summed E-state index contributed by atoms with van der Waals surface area (Å²) in [5, 5.41) is 14.2. The molecule has 3 rings (SSSR count). The van der Waals surface area contributed by atoms with Crippen LogP contribution >= 0.6 is 22.9 Å². The normalized spacial score (nSPS) is 12.9. The van der Waals surface area contributed by atoms with E-state index in [1.165, 1.54) is 23.5 Å². The zero-order valence-corrected chi connectivity index (χ0v) is 16.8. The van der Waals surface area contributed by atoms with E-state index in [-0.39, 0.29) is 16.3 Å². The van der Waals surface area contributed by atoms with Crippen LogP contribution in [0.25, 0.3) is 0 Å². The number of carbonyl (C=O) groups excluding carboxylic acids is 2. The number of fused-ring (bicyclic) bond motifs is 1. The van der Waals surface area contributed by atoms with Crippen LogP contribution in [0.15, 0.2) is 18.2 Å². The first-order chi connectivity index (χ1) is 13.4. The Morgan fingerprint density at radius 3 is 2.79 bits per heavy atom. The first-order valence-corrected chi connectivity index (χ1v) is 10.2. The Balaban J connectivity index is 1.92. The van der Waals surface area contributed by atoms with Gasteiger partial charge in [-0.25, -0.2) is 4.79 Å². The number of carbonyl (C=O) groups is 2. The van der Waals surface area contributed by atoms with Gasteiger partial charge in [-0.1, -0.05) is 18.5 Å². The predicted molar refractivity (Wildman–Crippen MR) is 108 cm³/mol. The summed E-state index contributed by atoms with van der Waals surface area (Å²) in [5.41, 5.74) is 1.09. The first-order valence-electron chi connectivity index (χ1n) is 8.99. The van der Waals surface area contributed by atoms with Crippen molar-refractivity contribution >= 4 is 45.5 Å². The van der Waals surface area contributed by atoms with Crippen molar-refractivity contribution in [3.05, 3.63) is 54.9 Å². The molecule has 0 saturated heterocycles. The van der Waals surface area contributed by atoms with Gasteiger partial charge in [0.25, 0.3) is 11.6 Å². The van der Waals surface area contributed by atoms with E-state index in [4.69, 9.17) is 16.3 Å². The molecule has 0 fully saturated rings. The Morgan fingerprint density at radius 2 is 2.07 bits per heavy atom. The molecular weight excluding hydrogens is 404 g/mol. The van der Waals surface area contributed by atoms with Crippen LogP contribution in [0, 0.1) is 10.1 Å². The quantitative estimate of drug-likeness (QED) is 0.401. The second-order valence-corrected chi connectivity index (χ2v) is 7.94. The van der Waals surface area contributed by atoms with Crippen molar-refractivity contribution < 1.29 is 19.2 Å². The maximum atomic E-state index is 12.7. The highest BCUT2D eigenvalue weighted by molar-refractivity contribution is 7.17. The molecule has 0 spiro atoms. The summed E-state index contributed by atoms with van der Waals surface area (Å²) < 4.78 is 5.31. The van der Waals surface area contributed by atoms with Crippen LogP contribution in [0.3, 0.4) is 0 Å². The van der Waals surface area contributed by atoms with Crippen molar-refractivity contribution in [1.82, 2.24) is 0 Å². The third-order valence-electron chi connectivity index (χ3n) is 4.44. The number of nitrogens with zero attached hydrogens (tertiary/aromatic N) is 1. The molecule has 148 valence electrons. The molecule has 0 saturated carbocycles. The third kappa shape index (κ3) is 4.18. The fraction of sp³-hybridized carbons (Fsp3) is 0.368. The number of anilines is 1. The molecule has 0 bridgehead atoms. The van der Waals surface area contributed by atoms with Gasteiger partial charge in [-0.2, -0.15) is 0 Å². The van der Waals surface area contributed by atoms with Crippen LogP contribution < -0.4 is 5.32 Å². The molecule has 1 aliphatic carbocycles. The lowest BCUT2D eigenvalue weighted by Gasteiger charge is -2.12. The monoisotopic (exact) mass is 422 g/mol. The number of nitro benzene ring substituents is 1. The molecule has 1 heterocycles. The molecule has 1 aliphatic rings. The third-order valence-corrected chi connectivity index (χ3v) is 5.97. The van der Waals surface area contributed by atoms with E-state index in [1.807, 2.05) is 6.92 Å². The smallest absolute Gasteiger partial charge is 0.341 e. The summed E-state index contributed by atoms with van der Waals surface area (Å²) in [6.45, 7) is 2.21. The Hall–Kier alpha value is -2.45. The molecule has 1 amide bonds. The average molecular weight is 423 g/mol. The first kappa shape index (κ1) is 20.3. The van der Waals surface area contributed by atoms with Gasteiger partial charge in [-0.3, -0.25) is 14.9 Å². The van der Waals surface area contributed by atoms with Gasteiger partial charge >= 0.3 is 5.97 Å². The lowest BCUT2D eigenvalue weighted by atomic mass is 9.95. The summed E-state index contributed by atoms with van der Waals surface area (Å²) in [6.07, 6.45) is 4.34. The predicted octanol–water partition coefficient (Wildman–Crippen LogP) is 5.01. The summed E-state index contributed by atoms with van der Waals surface area (Å²) in [7, 11) is 0. The lowest BCUT2D eigenvalue weighted by Crippen LogP contribution is -2.16. The fourth-order valence-corrected chi connectivity index (χ4v) is 4.56. The number of rotatable bonds is 6. The summed E-state index contributed by atoms with van der Waals surface area (Å²) >= 11 is 7.18. The van der Waals surface area contributed by atoms with E-state index in [2.05, 4.69) is 5.32 Å². The molecule has 0 aliphatic heterocycles. The van der Waals surface area contributed by atoms with Gasteiger partial charge in [0.2, 0.25) is 0 Å². The average Bonchev–Trinajstić information content (AvgIpc) is 3.03. The summed E-state index contributed by atoms with van der Waals surface area (Å²) in [5.74, 6) is -0.985. The van der Waals surface area contributed by atoms with Crippen molar-refractivity contribution in [1.29, 1.82) is 0 Å². The number of amides is 1. The molecule has 1 aromatic carbocycles. The molecule has 9 heteroatoms. The van der Waals surface area contributed by atoms with Crippen LogP contribution in [0.1, 0.15) is 57.3 Å². The Kier molecular flexibility index (Phi) is 6.31. The minimum Gasteiger partial charge on any atom is -0.462 e. The van der Waals surface area contributed by atoms with Crippen LogP contribution in [-0.4, -0.2) is 23.4 Å². The lowest BCUT2D eigenvalue weighted by molar-refractivity contribution is -0.384. The summed E-state index contributed by atoms with van der Waals surface area (Å²) in [4.78, 5) is 36.8. The second-order valence-electron chi connectivity index (χ2n) is 6.43. The number of benzene rings is 1. The second kappa shape index (κ2) is 8.70. The Morgan fingerprint density at radius 1 is 1.32 bits per heavy atom. The van der Waals surface area contributed by atoms with E-state index < -0.39 is 16.8 Å². The van der Waals surface area contributed by atoms with E-state index in [9.17, 15) is 19.7 Å². The van der Waals surface area contributed by atoms with E-state index in [1.54, 1.807) is 0 Å². The Bertz CT molecular complexity index is 941. The van der Waals surface area contributed by atoms with Gasteiger partial charge in [0.1, 0.15) is 10.0 Å². The van der Waals surface area contributed by atoms with Crippen LogP contribution in [0.4, 0.5) is 10.7 Å². The van der Waals surface area contributed by atoms with Crippen molar-refractivity contribution in [2.45, 2.75) is 39.0 Å². The summed E-state index contributed by atoms with van der Waals surface area (Å²) in [6, 6.07) is 3.85. The SMILES string of the molecule is CCCOC(=O)c1c(NC(=O)c2ccc(Cl)c([N+](=O)[O-])c2)sc2c1CCCC2. The molecule has 2 aromatic rings. The van der Waals surface area contributed by atoms with Crippen molar-refractivity contribution in [3.63, 3.8) is 0 Å². The number of hydrogen-bond acceptors (Lipinski definition) is 6. The van der Waals surface area contributed by atoms with E-state index in [0.29, 0.717) is 23.6 Å². The number of halogens is 1. The van der Waals surface area contributed by atoms with Gasteiger partial charge in [-0.15, -0.1) is 11.3 Å². The van der Waals surface area contributed by atoms with Crippen LogP contribution in [0.2, 0.25) is 5.02 Å². The molecule has 0 atom stereocenters. The van der Waals surface area contributed by atoms with Gasteiger partial charge in [0, 0.05) is 16.5 Å². The molecule has 1 aromatic heterocycles. The number of thiophene rings is 1. The standard InChI is InChI=1S/C19H19ClN2O5S/c1-2-9-27-19(24)16-12-5-3-4-6-15(12)28-18(16)21-17(23)11-7-8-13(20)14(10-11)22(25)26/h7-8,10H,2-6,9H2,1H3,(H,21,23). The highest BCUT2D eigenvalue weighted by Gasteiger charge is 2.28. The number of esters is 1. The van der Waals surface area contributed by atoms with Gasteiger partial charge in [-0.05, 0) is 49.8 Å². The van der Waals surface area contributed by atoms with Crippen LogP contribution in [-0.2, 0) is 17.6 Å². The number of nitrogens with one attached hydrogen (secondary N) is 1. The van der Waals surface area contributed by atoms with Gasteiger partial charge in [0.15, 0.2) is 0 Å². The van der Waals surface area contributed by atoms with Crippen molar-refractivity contribution in [2.75, 3.05) is 11.9 Å². The van der Waals surface area contributed by atoms with Gasteiger partial charge in [0.05, 0.1) is 17.1 Å². The topological polar surface area (TPSA) is 98.5 Å². The molecule has 28 heavy (non-hydrogen) atoms. The zero-order chi connectivity index (χ0) is 20.3. The molecule has 0 radical (unpaired) electrons. The maximum absolute atomic E-state index is 12.7. The highest BCUT2D eigenvalue weighted by atomic mass is 35.5. The van der Waals surface area contributed by atoms with Crippen molar-refractivity contribution in [3.8, 4) is 0 Å². The van der Waals surface area contributed by atoms with Crippen LogP contribution in [0.5, 0.6) is 0 Å². The Labute approximate surface area is 170 Å². The number of aryl methyl sites for hydroxylation is 1. The van der Waals surface area contributed by atoms with E-state index >= 15 is 0 Å². The molecular formula is C19H19ClN2O5S. The van der Waals surface area contributed by atoms with Crippen molar-refractivity contribution in [2.24, 2.45) is 0 Å². The molecule has 0 unspecified atom stereocenters. The minimum absolute atomic E-state index is 0.0445. The van der Waals surface area contributed by atoms with Gasteiger partial charge < -0.3 is 10.1 Å². The highest BCUT2D eigenvalue weighted by Crippen LogP contribution is 2.39. The number of hydrogen-bond donors (Lipinski definition) is 1. The van der Waals surface area contributed by atoms with E-state index in [0.717, 1.165) is 42.2 Å². The molecule has 7 nitrogen and oxygen atoms in total. The fourth-order valence-electron chi connectivity index (χ4n) is 3.11. The number of nitro groups is 1. The number of ether oxygens (including phenoxy) is 1.